The van der Waals surface area contributed by atoms with Crippen LogP contribution in [0, 0.1) is 0 Å². The maximum absolute atomic E-state index is 9.31. The van der Waals surface area contributed by atoms with Gasteiger partial charge in [-0.15, -0.1) is 0 Å². The first kappa shape index (κ1) is 9.84. The molecule has 0 rings (SSSR count). The highest BCUT2D eigenvalue weighted by atomic mass is 16.5. The molecule has 62 valence electrons. The van der Waals surface area contributed by atoms with Crippen molar-refractivity contribution in [3.63, 3.8) is 0 Å². The monoisotopic (exact) mass is 147 g/mol. The first-order chi connectivity index (χ1) is 4.15. The second kappa shape index (κ2) is 2.47. The van der Waals surface area contributed by atoms with Gasteiger partial charge in [0.15, 0.2) is 0 Å². The maximum atomic E-state index is 9.31. The van der Waals surface area contributed by atoms with E-state index in [0.717, 1.165) is 5.06 Å². The third kappa shape index (κ3) is 2.62. The van der Waals surface area contributed by atoms with E-state index in [9.17, 15) is 5.21 Å². The molecule has 10 heavy (non-hydrogen) atoms. The Hall–Kier alpha value is -0.160. The third-order valence-corrected chi connectivity index (χ3v) is 1.09. The molecular formula is C6H17N3O. The van der Waals surface area contributed by atoms with E-state index in [1.807, 2.05) is 0 Å². The van der Waals surface area contributed by atoms with E-state index in [2.05, 4.69) is 0 Å². The molecule has 0 spiro atoms. The van der Waals surface area contributed by atoms with E-state index in [0.29, 0.717) is 0 Å². The summed E-state index contributed by atoms with van der Waals surface area (Å²) in [5, 5.41) is 10.2. The van der Waals surface area contributed by atoms with Crippen LogP contribution < -0.4 is 11.5 Å². The number of hydroxylamine groups is 2. The molecular weight excluding hydrogens is 130 g/mol. The van der Waals surface area contributed by atoms with Crippen LogP contribution in [0.15, 0.2) is 0 Å². The van der Waals surface area contributed by atoms with E-state index >= 15 is 0 Å². The van der Waals surface area contributed by atoms with Crippen molar-refractivity contribution < 1.29 is 5.21 Å². The number of rotatable bonds is 2. The molecule has 0 heterocycles. The van der Waals surface area contributed by atoms with Crippen molar-refractivity contribution in [3.05, 3.63) is 0 Å². The highest BCUT2D eigenvalue weighted by molar-refractivity contribution is 4.77. The minimum atomic E-state index is -0.793. The predicted octanol–water partition coefficient (Wildman–Crippen LogP) is 0.0672. The van der Waals surface area contributed by atoms with Gasteiger partial charge in [0.25, 0.3) is 0 Å². The second-order valence-electron chi connectivity index (χ2n) is 3.62. The van der Waals surface area contributed by atoms with Crippen LogP contribution in [0.2, 0.25) is 0 Å². The van der Waals surface area contributed by atoms with Crippen molar-refractivity contribution in [1.29, 1.82) is 0 Å². The summed E-state index contributed by atoms with van der Waals surface area (Å²) < 4.78 is 0. The molecule has 0 unspecified atom stereocenters. The van der Waals surface area contributed by atoms with Crippen molar-refractivity contribution in [1.82, 2.24) is 5.06 Å². The van der Waals surface area contributed by atoms with Crippen molar-refractivity contribution in [2.24, 2.45) is 11.5 Å². The summed E-state index contributed by atoms with van der Waals surface area (Å²) in [5.41, 5.74) is 9.54. The Balaban J connectivity index is 4.23. The van der Waals surface area contributed by atoms with Crippen LogP contribution >= 0.6 is 0 Å². The second-order valence-corrected chi connectivity index (χ2v) is 3.62. The average molecular weight is 147 g/mol. The SMILES string of the molecule is CC(C)(N)N(O)C(C)(C)N. The normalized spacial score (nSPS) is 14.4. The first-order valence-corrected chi connectivity index (χ1v) is 3.22. The fourth-order valence-electron chi connectivity index (χ4n) is 0.743. The summed E-state index contributed by atoms with van der Waals surface area (Å²) in [6, 6.07) is 0. The van der Waals surface area contributed by atoms with Gasteiger partial charge in [0.2, 0.25) is 0 Å². The smallest absolute Gasteiger partial charge is 0.0889 e. The van der Waals surface area contributed by atoms with E-state index in [1.54, 1.807) is 27.7 Å². The Morgan fingerprint density at radius 2 is 1.20 bits per heavy atom. The Labute approximate surface area is 61.8 Å². The Bertz CT molecular complexity index is 97.1. The highest BCUT2D eigenvalue weighted by Gasteiger charge is 2.30. The van der Waals surface area contributed by atoms with Gasteiger partial charge in [0, 0.05) is 0 Å². The molecule has 0 aliphatic heterocycles. The molecule has 0 saturated carbocycles. The number of hydrogen-bond acceptors (Lipinski definition) is 4. The number of nitrogens with two attached hydrogens (primary N) is 2. The summed E-state index contributed by atoms with van der Waals surface area (Å²) in [6.45, 7) is 6.73. The standard InChI is InChI=1S/C6H17N3O/c1-5(2,7)9(10)6(3,4)8/h10H,7-8H2,1-4H3. The molecule has 0 radical (unpaired) electrons. The van der Waals surface area contributed by atoms with Gasteiger partial charge in [-0.05, 0) is 27.7 Å². The fraction of sp³-hybridized carbons (Fsp3) is 1.00. The Kier molecular flexibility index (Phi) is 2.43. The molecule has 4 heteroatoms. The van der Waals surface area contributed by atoms with Crippen molar-refractivity contribution in [3.8, 4) is 0 Å². The molecule has 0 aromatic rings. The fourth-order valence-corrected chi connectivity index (χ4v) is 0.743. The van der Waals surface area contributed by atoms with Gasteiger partial charge >= 0.3 is 0 Å². The van der Waals surface area contributed by atoms with Crippen LogP contribution in [0.4, 0.5) is 0 Å². The van der Waals surface area contributed by atoms with Crippen molar-refractivity contribution in [2.45, 2.75) is 39.0 Å². The predicted molar refractivity (Wildman–Crippen MR) is 40.2 cm³/mol. The lowest BCUT2D eigenvalue weighted by molar-refractivity contribution is -0.220. The average Bonchev–Trinajstić information content (AvgIpc) is 1.59. The Morgan fingerprint density at radius 1 is 1.00 bits per heavy atom. The molecule has 5 N–H and O–H groups in total. The zero-order valence-corrected chi connectivity index (χ0v) is 7.05. The van der Waals surface area contributed by atoms with E-state index < -0.39 is 11.3 Å². The zero-order valence-electron chi connectivity index (χ0n) is 7.05. The molecule has 0 bridgehead atoms. The quantitative estimate of drug-likeness (QED) is 0.381. The van der Waals surface area contributed by atoms with Gasteiger partial charge in [-0.1, -0.05) is 0 Å². The summed E-state index contributed by atoms with van der Waals surface area (Å²) in [7, 11) is 0. The van der Waals surface area contributed by atoms with Gasteiger partial charge in [-0.2, -0.15) is 5.06 Å². The van der Waals surface area contributed by atoms with Crippen LogP contribution in [0.1, 0.15) is 27.7 Å². The van der Waals surface area contributed by atoms with Gasteiger partial charge in [0.05, 0.1) is 11.3 Å². The molecule has 0 amide bonds. The van der Waals surface area contributed by atoms with E-state index in [-0.39, 0.29) is 0 Å². The van der Waals surface area contributed by atoms with Crippen molar-refractivity contribution in [2.75, 3.05) is 0 Å². The molecule has 0 aromatic heterocycles. The lowest BCUT2D eigenvalue weighted by Gasteiger charge is -2.38. The van der Waals surface area contributed by atoms with Crippen LogP contribution in [-0.4, -0.2) is 21.6 Å². The largest absolute Gasteiger partial charge is 0.312 e. The summed E-state index contributed by atoms with van der Waals surface area (Å²) >= 11 is 0. The molecule has 0 saturated heterocycles. The Morgan fingerprint density at radius 3 is 1.20 bits per heavy atom. The minimum absolute atomic E-state index is 0.793. The van der Waals surface area contributed by atoms with Crippen LogP contribution in [-0.2, 0) is 0 Å². The number of nitrogens with zero attached hydrogens (tertiary/aromatic N) is 1. The maximum Gasteiger partial charge on any atom is 0.0889 e. The first-order valence-electron chi connectivity index (χ1n) is 3.22. The van der Waals surface area contributed by atoms with Gasteiger partial charge in [0.1, 0.15) is 0 Å². The van der Waals surface area contributed by atoms with Crippen LogP contribution in [0.25, 0.3) is 0 Å². The zero-order chi connectivity index (χ0) is 8.58. The summed E-state index contributed by atoms with van der Waals surface area (Å²) in [4.78, 5) is 0. The summed E-state index contributed by atoms with van der Waals surface area (Å²) in [6.07, 6.45) is 0. The van der Waals surface area contributed by atoms with E-state index in [1.165, 1.54) is 0 Å². The van der Waals surface area contributed by atoms with E-state index in [4.69, 9.17) is 11.5 Å². The lowest BCUT2D eigenvalue weighted by atomic mass is 10.1. The topological polar surface area (TPSA) is 75.5 Å². The minimum Gasteiger partial charge on any atom is -0.312 e. The molecule has 4 nitrogen and oxygen atoms in total. The number of hydrogen-bond donors (Lipinski definition) is 3. The highest BCUT2D eigenvalue weighted by Crippen LogP contribution is 2.12. The molecule has 0 aromatic carbocycles. The molecule has 0 aliphatic carbocycles. The van der Waals surface area contributed by atoms with Gasteiger partial charge in [-0.3, -0.25) is 0 Å². The lowest BCUT2D eigenvalue weighted by Crippen LogP contribution is -2.62. The summed E-state index contributed by atoms with van der Waals surface area (Å²) in [5.74, 6) is 0. The van der Waals surface area contributed by atoms with Crippen molar-refractivity contribution >= 4 is 0 Å². The molecule has 0 fully saturated rings. The van der Waals surface area contributed by atoms with Gasteiger partial charge in [-0.25, -0.2) is 0 Å². The molecule has 0 aliphatic rings. The molecule has 0 atom stereocenters. The van der Waals surface area contributed by atoms with Gasteiger partial charge < -0.3 is 16.7 Å². The van der Waals surface area contributed by atoms with Crippen LogP contribution in [0.5, 0.6) is 0 Å². The third-order valence-electron chi connectivity index (χ3n) is 1.09. The van der Waals surface area contributed by atoms with Crippen LogP contribution in [0.3, 0.4) is 0 Å².